The molecule has 1 aliphatic heterocycles. The fraction of sp³-hybridized carbons (Fsp3) is 0.533. The molecule has 21 heavy (non-hydrogen) atoms. The van der Waals surface area contributed by atoms with E-state index in [1.807, 2.05) is 0 Å². The molecule has 0 saturated heterocycles. The van der Waals surface area contributed by atoms with Gasteiger partial charge in [0, 0.05) is 6.07 Å². The van der Waals surface area contributed by atoms with Gasteiger partial charge in [0.25, 0.3) is 0 Å². The first-order valence-corrected chi connectivity index (χ1v) is 6.86. The Bertz CT molecular complexity index is 576. The van der Waals surface area contributed by atoms with Gasteiger partial charge in [-0.2, -0.15) is 13.2 Å². The lowest BCUT2D eigenvalue weighted by Gasteiger charge is -2.45. The van der Waals surface area contributed by atoms with Gasteiger partial charge in [0.15, 0.2) is 5.78 Å². The van der Waals surface area contributed by atoms with Crippen LogP contribution in [0.3, 0.4) is 0 Å². The fourth-order valence-electron chi connectivity index (χ4n) is 3.14. The maximum absolute atomic E-state index is 13.2. The van der Waals surface area contributed by atoms with Gasteiger partial charge in [-0.1, -0.05) is 6.42 Å². The van der Waals surface area contributed by atoms with Crippen LogP contribution < -0.4 is 4.74 Å². The largest absolute Gasteiger partial charge is 0.492 e. The van der Waals surface area contributed by atoms with Gasteiger partial charge >= 0.3 is 6.18 Å². The van der Waals surface area contributed by atoms with Gasteiger partial charge in [0.1, 0.15) is 11.6 Å². The fourth-order valence-corrected chi connectivity index (χ4v) is 3.14. The van der Waals surface area contributed by atoms with Gasteiger partial charge in [-0.25, -0.2) is 4.39 Å². The highest BCUT2D eigenvalue weighted by atomic mass is 19.4. The number of halogens is 4. The molecule has 1 atom stereocenters. The monoisotopic (exact) mass is 302 g/mol. The molecule has 1 aromatic rings. The lowest BCUT2D eigenvalue weighted by atomic mass is 9.63. The normalized spacial score (nSPS) is 24.0. The number of Topliss-reactive ketones (excluding diaryl/α,β-unsaturated/α-hetero) is 1. The predicted octanol–water partition coefficient (Wildman–Crippen LogP) is 4.14. The highest BCUT2D eigenvalue weighted by molar-refractivity contribution is 6.01. The van der Waals surface area contributed by atoms with E-state index in [1.165, 1.54) is 6.07 Å². The molecule has 2 nitrogen and oxygen atoms in total. The lowest BCUT2D eigenvalue weighted by Crippen LogP contribution is -2.47. The van der Waals surface area contributed by atoms with Crippen molar-refractivity contribution in [2.45, 2.75) is 31.9 Å². The standard InChI is InChI=1S/C15H14F4O2/c16-10-2-3-11-12(6-10)21-8-9(13(11)20)7-14(4-1-5-14)15(17,18)19/h2-3,6,9H,1,4-5,7-8H2. The number of hydrogen-bond acceptors (Lipinski definition) is 2. The Kier molecular flexibility index (Phi) is 3.22. The topological polar surface area (TPSA) is 26.3 Å². The number of rotatable bonds is 2. The van der Waals surface area contributed by atoms with E-state index < -0.39 is 23.3 Å². The van der Waals surface area contributed by atoms with Crippen LogP contribution >= 0.6 is 0 Å². The molecule has 1 aliphatic carbocycles. The summed E-state index contributed by atoms with van der Waals surface area (Å²) in [4.78, 5) is 12.3. The summed E-state index contributed by atoms with van der Waals surface area (Å²) in [5.74, 6) is -1.62. The third-order valence-electron chi connectivity index (χ3n) is 4.57. The maximum Gasteiger partial charge on any atom is 0.394 e. The first kappa shape index (κ1) is 14.4. The summed E-state index contributed by atoms with van der Waals surface area (Å²) in [7, 11) is 0. The Balaban J connectivity index is 1.82. The summed E-state index contributed by atoms with van der Waals surface area (Å²) in [6, 6.07) is 3.48. The molecule has 0 bridgehead atoms. The highest BCUT2D eigenvalue weighted by Crippen LogP contribution is 2.57. The highest BCUT2D eigenvalue weighted by Gasteiger charge is 2.59. The Labute approximate surface area is 119 Å². The minimum absolute atomic E-state index is 0.0660. The van der Waals surface area contributed by atoms with Crippen LogP contribution in [0.4, 0.5) is 17.6 Å². The van der Waals surface area contributed by atoms with Gasteiger partial charge in [-0.15, -0.1) is 0 Å². The van der Waals surface area contributed by atoms with Crippen molar-refractivity contribution in [1.29, 1.82) is 0 Å². The van der Waals surface area contributed by atoms with Crippen molar-refractivity contribution in [3.63, 3.8) is 0 Å². The van der Waals surface area contributed by atoms with E-state index in [-0.39, 0.29) is 43.0 Å². The third kappa shape index (κ3) is 2.30. The molecule has 1 fully saturated rings. The van der Waals surface area contributed by atoms with E-state index in [2.05, 4.69) is 0 Å². The van der Waals surface area contributed by atoms with Crippen LogP contribution in [0.1, 0.15) is 36.0 Å². The van der Waals surface area contributed by atoms with Crippen molar-refractivity contribution in [2.75, 3.05) is 6.61 Å². The Morgan fingerprint density at radius 3 is 2.57 bits per heavy atom. The first-order chi connectivity index (χ1) is 9.82. The summed E-state index contributed by atoms with van der Waals surface area (Å²) in [5, 5.41) is 0. The second-order valence-corrected chi connectivity index (χ2v) is 5.85. The molecule has 1 heterocycles. The SMILES string of the molecule is O=C1c2ccc(F)cc2OCC1CC1(C(F)(F)F)CCC1. The molecule has 114 valence electrons. The van der Waals surface area contributed by atoms with Crippen LogP contribution in [0.25, 0.3) is 0 Å². The van der Waals surface area contributed by atoms with Crippen LogP contribution in [0.15, 0.2) is 18.2 Å². The van der Waals surface area contributed by atoms with E-state index in [0.29, 0.717) is 6.42 Å². The quantitative estimate of drug-likeness (QED) is 0.768. The van der Waals surface area contributed by atoms with Gasteiger partial charge in [0.05, 0.1) is 23.5 Å². The van der Waals surface area contributed by atoms with Crippen LogP contribution in [-0.2, 0) is 0 Å². The van der Waals surface area contributed by atoms with Crippen molar-refractivity contribution in [3.05, 3.63) is 29.6 Å². The van der Waals surface area contributed by atoms with Crippen molar-refractivity contribution in [2.24, 2.45) is 11.3 Å². The third-order valence-corrected chi connectivity index (χ3v) is 4.57. The molecule has 2 aliphatic rings. The van der Waals surface area contributed by atoms with Crippen molar-refractivity contribution in [1.82, 2.24) is 0 Å². The van der Waals surface area contributed by atoms with Gasteiger partial charge in [-0.3, -0.25) is 4.79 Å². The van der Waals surface area contributed by atoms with Crippen LogP contribution in [0.2, 0.25) is 0 Å². The molecule has 0 radical (unpaired) electrons. The Hall–Kier alpha value is -1.59. The van der Waals surface area contributed by atoms with Gasteiger partial charge in [0.2, 0.25) is 0 Å². The zero-order chi connectivity index (χ0) is 15.3. The van der Waals surface area contributed by atoms with Crippen LogP contribution in [0, 0.1) is 17.2 Å². The average Bonchev–Trinajstić information content (AvgIpc) is 2.34. The smallest absolute Gasteiger partial charge is 0.394 e. The van der Waals surface area contributed by atoms with Gasteiger partial charge < -0.3 is 4.74 Å². The molecular formula is C15H14F4O2. The number of carbonyl (C=O) groups is 1. The van der Waals surface area contributed by atoms with E-state index in [0.717, 1.165) is 12.1 Å². The van der Waals surface area contributed by atoms with E-state index in [9.17, 15) is 22.4 Å². The van der Waals surface area contributed by atoms with Gasteiger partial charge in [-0.05, 0) is 31.4 Å². The number of ether oxygens (including phenoxy) is 1. The minimum Gasteiger partial charge on any atom is -0.492 e. The zero-order valence-electron chi connectivity index (χ0n) is 11.2. The van der Waals surface area contributed by atoms with E-state index >= 15 is 0 Å². The predicted molar refractivity (Wildman–Crippen MR) is 66.7 cm³/mol. The average molecular weight is 302 g/mol. The molecule has 0 spiro atoms. The number of benzene rings is 1. The number of carbonyl (C=O) groups excluding carboxylic acids is 1. The molecule has 1 unspecified atom stereocenters. The molecule has 0 N–H and O–H groups in total. The Morgan fingerprint density at radius 1 is 1.29 bits per heavy atom. The summed E-state index contributed by atoms with van der Waals surface area (Å²) >= 11 is 0. The molecule has 1 aromatic carbocycles. The number of hydrogen-bond donors (Lipinski definition) is 0. The summed E-state index contributed by atoms with van der Waals surface area (Å²) in [5.41, 5.74) is -1.59. The second-order valence-electron chi connectivity index (χ2n) is 5.85. The first-order valence-electron chi connectivity index (χ1n) is 6.86. The van der Waals surface area contributed by atoms with Crippen molar-refractivity contribution >= 4 is 5.78 Å². The lowest BCUT2D eigenvalue weighted by molar-refractivity contribution is -0.256. The van der Waals surface area contributed by atoms with E-state index in [4.69, 9.17) is 4.74 Å². The minimum atomic E-state index is -4.30. The van der Waals surface area contributed by atoms with Crippen molar-refractivity contribution in [3.8, 4) is 5.75 Å². The summed E-state index contributed by atoms with van der Waals surface area (Å²) in [6.45, 7) is -0.118. The van der Waals surface area contributed by atoms with E-state index in [1.54, 1.807) is 0 Å². The summed E-state index contributed by atoms with van der Waals surface area (Å²) < 4.78 is 57.9. The molecule has 1 saturated carbocycles. The number of ketones is 1. The number of alkyl halides is 3. The summed E-state index contributed by atoms with van der Waals surface area (Å²) in [6.07, 6.45) is -3.88. The van der Waals surface area contributed by atoms with Crippen LogP contribution in [0.5, 0.6) is 5.75 Å². The second kappa shape index (κ2) is 4.71. The molecule has 6 heteroatoms. The zero-order valence-corrected chi connectivity index (χ0v) is 11.2. The van der Waals surface area contributed by atoms with Crippen LogP contribution in [-0.4, -0.2) is 18.6 Å². The van der Waals surface area contributed by atoms with Crippen molar-refractivity contribution < 1.29 is 27.1 Å². The molecule has 0 aromatic heterocycles. The molecule has 0 amide bonds. The maximum atomic E-state index is 13.2. The molecular weight excluding hydrogens is 288 g/mol. The molecule has 3 rings (SSSR count). The Morgan fingerprint density at radius 2 is 2.00 bits per heavy atom. The number of fused-ring (bicyclic) bond motifs is 1.